The Bertz CT molecular complexity index is 943. The molecule has 0 radical (unpaired) electrons. The molecule has 1 saturated carbocycles. The molecule has 0 spiro atoms. The number of para-hydroxylation sites is 1. The van der Waals surface area contributed by atoms with Crippen molar-refractivity contribution in [3.05, 3.63) is 65.7 Å². The van der Waals surface area contributed by atoms with Gasteiger partial charge in [0.05, 0.1) is 11.1 Å². The Morgan fingerprint density at radius 1 is 1.08 bits per heavy atom. The molecule has 2 N–H and O–H groups in total. The smallest absolute Gasteiger partial charge is 0.252 e. The lowest BCUT2D eigenvalue weighted by Gasteiger charge is -2.12. The monoisotopic (exact) mass is 345 g/mol. The number of carbonyl (C=O) groups excluding carboxylic acids is 1. The second-order valence-electron chi connectivity index (χ2n) is 7.22. The molecule has 0 aliphatic heterocycles. The second-order valence-corrected chi connectivity index (χ2v) is 7.22. The highest BCUT2D eigenvalue weighted by Crippen LogP contribution is 2.26. The first-order chi connectivity index (χ1) is 12.6. The quantitative estimate of drug-likeness (QED) is 0.684. The van der Waals surface area contributed by atoms with Crippen LogP contribution in [0.1, 0.15) is 48.5 Å². The van der Waals surface area contributed by atoms with Crippen LogP contribution in [0.5, 0.6) is 0 Å². The average Bonchev–Trinajstić information content (AvgIpc) is 3.45. The second kappa shape index (κ2) is 6.79. The van der Waals surface area contributed by atoms with Crippen molar-refractivity contribution in [2.24, 2.45) is 0 Å². The summed E-state index contributed by atoms with van der Waals surface area (Å²) in [5.74, 6) is 1.16. The molecule has 4 rings (SSSR count). The molecular weight excluding hydrogens is 322 g/mol. The molecule has 1 amide bonds. The van der Waals surface area contributed by atoms with E-state index in [1.165, 1.54) is 5.56 Å². The van der Waals surface area contributed by atoms with Gasteiger partial charge < -0.3 is 10.6 Å². The first-order valence-electron chi connectivity index (χ1n) is 9.18. The Hall–Kier alpha value is -2.88. The predicted octanol–water partition coefficient (Wildman–Crippen LogP) is 4.99. The van der Waals surface area contributed by atoms with Crippen LogP contribution in [0.2, 0.25) is 0 Å². The van der Waals surface area contributed by atoms with Gasteiger partial charge in [0.1, 0.15) is 5.82 Å². The number of nitrogens with one attached hydrogen (secondary N) is 2. The molecular formula is C22H23N3O. The van der Waals surface area contributed by atoms with E-state index >= 15 is 0 Å². The van der Waals surface area contributed by atoms with Crippen LogP contribution in [0.15, 0.2) is 54.6 Å². The summed E-state index contributed by atoms with van der Waals surface area (Å²) < 4.78 is 0. The van der Waals surface area contributed by atoms with Crippen LogP contribution in [-0.4, -0.2) is 16.9 Å². The van der Waals surface area contributed by atoms with Gasteiger partial charge in [0.25, 0.3) is 5.91 Å². The third-order valence-corrected chi connectivity index (χ3v) is 4.72. The highest BCUT2D eigenvalue weighted by Gasteiger charge is 2.25. The summed E-state index contributed by atoms with van der Waals surface area (Å²) in [6.45, 7) is 4.36. The molecule has 26 heavy (non-hydrogen) atoms. The lowest BCUT2D eigenvalue weighted by atomic mass is 10.0. The highest BCUT2D eigenvalue weighted by atomic mass is 16.1. The zero-order chi connectivity index (χ0) is 18.1. The summed E-state index contributed by atoms with van der Waals surface area (Å²) in [7, 11) is 0. The van der Waals surface area contributed by atoms with Crippen molar-refractivity contribution in [3.8, 4) is 0 Å². The fourth-order valence-corrected chi connectivity index (χ4v) is 3.02. The van der Waals surface area contributed by atoms with E-state index in [2.05, 4.69) is 53.7 Å². The third-order valence-electron chi connectivity index (χ3n) is 4.72. The first-order valence-corrected chi connectivity index (χ1v) is 9.18. The van der Waals surface area contributed by atoms with Crippen molar-refractivity contribution in [2.45, 2.75) is 38.6 Å². The molecule has 4 heteroatoms. The maximum Gasteiger partial charge on any atom is 0.252 e. The molecule has 0 atom stereocenters. The normalized spacial score (nSPS) is 13.8. The van der Waals surface area contributed by atoms with E-state index in [9.17, 15) is 4.79 Å². The molecule has 1 aliphatic rings. The van der Waals surface area contributed by atoms with Gasteiger partial charge in [0.15, 0.2) is 0 Å². The molecule has 0 bridgehead atoms. The summed E-state index contributed by atoms with van der Waals surface area (Å²) >= 11 is 0. The molecule has 4 nitrogen and oxygen atoms in total. The third kappa shape index (κ3) is 3.54. The van der Waals surface area contributed by atoms with E-state index in [0.717, 1.165) is 29.4 Å². The van der Waals surface area contributed by atoms with Crippen LogP contribution < -0.4 is 10.6 Å². The van der Waals surface area contributed by atoms with E-state index in [-0.39, 0.29) is 5.91 Å². The van der Waals surface area contributed by atoms with Crippen molar-refractivity contribution >= 4 is 28.3 Å². The number of benzene rings is 2. The molecule has 0 unspecified atom stereocenters. The molecule has 1 fully saturated rings. The van der Waals surface area contributed by atoms with Crippen molar-refractivity contribution in [1.29, 1.82) is 0 Å². The molecule has 1 aromatic heterocycles. The van der Waals surface area contributed by atoms with Gasteiger partial charge in [0, 0.05) is 17.1 Å². The minimum absolute atomic E-state index is 0.0238. The van der Waals surface area contributed by atoms with Gasteiger partial charge in [-0.15, -0.1) is 0 Å². The maximum absolute atomic E-state index is 12.7. The van der Waals surface area contributed by atoms with Crippen LogP contribution in [0.25, 0.3) is 10.9 Å². The summed E-state index contributed by atoms with van der Waals surface area (Å²) in [5.41, 5.74) is 3.75. The highest BCUT2D eigenvalue weighted by molar-refractivity contribution is 6.07. The summed E-state index contributed by atoms with van der Waals surface area (Å²) in [5, 5.41) is 7.29. The first kappa shape index (κ1) is 16.6. The number of hydrogen-bond donors (Lipinski definition) is 2. The van der Waals surface area contributed by atoms with Crippen molar-refractivity contribution in [2.75, 3.05) is 5.32 Å². The Morgan fingerprint density at radius 2 is 1.81 bits per heavy atom. The van der Waals surface area contributed by atoms with Crippen LogP contribution in [0, 0.1) is 0 Å². The fourth-order valence-electron chi connectivity index (χ4n) is 3.02. The molecule has 3 aromatic rings. The summed E-state index contributed by atoms with van der Waals surface area (Å²) in [6, 6.07) is 18.3. The number of rotatable bonds is 5. The van der Waals surface area contributed by atoms with E-state index in [1.54, 1.807) is 0 Å². The van der Waals surface area contributed by atoms with Gasteiger partial charge in [-0.25, -0.2) is 4.98 Å². The van der Waals surface area contributed by atoms with Gasteiger partial charge in [-0.2, -0.15) is 0 Å². The molecule has 132 valence electrons. The number of pyridine rings is 1. The fraction of sp³-hybridized carbons (Fsp3) is 0.273. The number of fused-ring (bicyclic) bond motifs is 1. The largest absolute Gasteiger partial charge is 0.349 e. The Balaban J connectivity index is 1.67. The molecule has 1 aliphatic carbocycles. The number of hydrogen-bond acceptors (Lipinski definition) is 3. The van der Waals surface area contributed by atoms with Crippen molar-refractivity contribution in [3.63, 3.8) is 0 Å². The van der Waals surface area contributed by atoms with Gasteiger partial charge in [-0.1, -0.05) is 44.2 Å². The predicted molar refractivity (Wildman–Crippen MR) is 106 cm³/mol. The van der Waals surface area contributed by atoms with Crippen LogP contribution in [0.4, 0.5) is 11.5 Å². The topological polar surface area (TPSA) is 54.0 Å². The maximum atomic E-state index is 12.7. The van der Waals surface area contributed by atoms with Gasteiger partial charge in [0.2, 0.25) is 0 Å². The summed E-state index contributed by atoms with van der Waals surface area (Å²) in [4.78, 5) is 17.3. The van der Waals surface area contributed by atoms with E-state index in [1.807, 2.05) is 30.3 Å². The minimum Gasteiger partial charge on any atom is -0.349 e. The lowest BCUT2D eigenvalue weighted by Crippen LogP contribution is -2.25. The van der Waals surface area contributed by atoms with Gasteiger partial charge >= 0.3 is 0 Å². The standard InChI is InChI=1S/C22H23N3O/c1-14(2)15-7-9-16(10-8-15)23-21-13-19(22(26)24-17-11-12-17)18-5-3-4-6-20(18)25-21/h3-10,13-14,17H,11-12H2,1-2H3,(H,23,25)(H,24,26). The Labute approximate surface area is 153 Å². The zero-order valence-corrected chi connectivity index (χ0v) is 15.1. The zero-order valence-electron chi connectivity index (χ0n) is 15.1. The van der Waals surface area contributed by atoms with E-state index in [0.29, 0.717) is 23.3 Å². The van der Waals surface area contributed by atoms with E-state index in [4.69, 9.17) is 0 Å². The number of nitrogens with zero attached hydrogens (tertiary/aromatic N) is 1. The van der Waals surface area contributed by atoms with Crippen LogP contribution >= 0.6 is 0 Å². The Kier molecular flexibility index (Phi) is 4.33. The molecule has 1 heterocycles. The summed E-state index contributed by atoms with van der Waals surface area (Å²) in [6.07, 6.45) is 2.14. The molecule has 0 saturated heterocycles. The lowest BCUT2D eigenvalue weighted by molar-refractivity contribution is 0.0952. The molecule has 2 aromatic carbocycles. The SMILES string of the molecule is CC(C)c1ccc(Nc2cc(C(=O)NC3CC3)c3ccccc3n2)cc1. The van der Waals surface area contributed by atoms with Gasteiger partial charge in [-0.05, 0) is 48.6 Å². The average molecular weight is 345 g/mol. The Morgan fingerprint density at radius 3 is 2.50 bits per heavy atom. The van der Waals surface area contributed by atoms with E-state index < -0.39 is 0 Å². The van der Waals surface area contributed by atoms with Crippen molar-refractivity contribution in [1.82, 2.24) is 10.3 Å². The van der Waals surface area contributed by atoms with Crippen LogP contribution in [-0.2, 0) is 0 Å². The number of anilines is 2. The van der Waals surface area contributed by atoms with Crippen molar-refractivity contribution < 1.29 is 4.79 Å². The number of aromatic nitrogens is 1. The van der Waals surface area contributed by atoms with Gasteiger partial charge in [-0.3, -0.25) is 4.79 Å². The minimum atomic E-state index is -0.0238. The van der Waals surface area contributed by atoms with Crippen LogP contribution in [0.3, 0.4) is 0 Å². The number of carbonyl (C=O) groups is 1. The number of amides is 1.